The second-order valence-corrected chi connectivity index (χ2v) is 5.26. The summed E-state index contributed by atoms with van der Waals surface area (Å²) in [5.41, 5.74) is 3.28. The number of alkyl halides is 1. The number of aromatic nitrogens is 1. The van der Waals surface area contributed by atoms with E-state index in [4.69, 9.17) is 16.1 Å². The Morgan fingerprint density at radius 1 is 1.16 bits per heavy atom. The Labute approximate surface area is 118 Å². The number of benzene rings is 1. The van der Waals surface area contributed by atoms with E-state index < -0.39 is 0 Å². The van der Waals surface area contributed by atoms with Crippen molar-refractivity contribution in [3.63, 3.8) is 0 Å². The van der Waals surface area contributed by atoms with Crippen LogP contribution in [0, 0.1) is 0 Å². The molecule has 0 radical (unpaired) electrons. The average Bonchev–Trinajstić information content (AvgIpc) is 3.10. The Hall–Kier alpha value is -1.32. The molecule has 0 aliphatic carbocycles. The maximum atomic E-state index is 5.71. The van der Waals surface area contributed by atoms with Crippen LogP contribution in [0.15, 0.2) is 34.9 Å². The molecule has 1 fully saturated rings. The number of rotatable bonds is 4. The van der Waals surface area contributed by atoms with E-state index in [1.807, 2.05) is 6.07 Å². The molecule has 0 spiro atoms. The largest absolute Gasteiger partial charge is 0.359 e. The molecule has 1 saturated heterocycles. The van der Waals surface area contributed by atoms with Crippen LogP contribution >= 0.6 is 11.6 Å². The first kappa shape index (κ1) is 12.7. The molecule has 1 aromatic carbocycles. The van der Waals surface area contributed by atoms with E-state index in [-0.39, 0.29) is 0 Å². The summed E-state index contributed by atoms with van der Waals surface area (Å²) in [5.74, 6) is 1.07. The van der Waals surface area contributed by atoms with E-state index in [0.29, 0.717) is 11.6 Å². The van der Waals surface area contributed by atoms with E-state index in [1.54, 1.807) is 0 Å². The van der Waals surface area contributed by atoms with Gasteiger partial charge in [-0.25, -0.2) is 0 Å². The number of likely N-dealkylation sites (tertiary alicyclic amines) is 1. The number of halogens is 1. The van der Waals surface area contributed by atoms with Gasteiger partial charge in [-0.15, -0.1) is 11.6 Å². The van der Waals surface area contributed by atoms with Crippen LogP contribution in [0.2, 0.25) is 0 Å². The van der Waals surface area contributed by atoms with Crippen LogP contribution in [-0.2, 0) is 12.4 Å². The summed E-state index contributed by atoms with van der Waals surface area (Å²) in [7, 11) is 0. The van der Waals surface area contributed by atoms with Gasteiger partial charge in [0.05, 0.1) is 5.88 Å². The van der Waals surface area contributed by atoms with Gasteiger partial charge in [0.1, 0.15) is 5.69 Å². The summed E-state index contributed by atoms with van der Waals surface area (Å²) in [6.07, 6.45) is 2.66. The molecule has 1 aliphatic rings. The van der Waals surface area contributed by atoms with Crippen molar-refractivity contribution in [1.82, 2.24) is 10.1 Å². The molecule has 3 rings (SSSR count). The highest BCUT2D eigenvalue weighted by molar-refractivity contribution is 6.16. The topological polar surface area (TPSA) is 29.3 Å². The number of hydrogen-bond acceptors (Lipinski definition) is 3. The Morgan fingerprint density at radius 3 is 2.53 bits per heavy atom. The van der Waals surface area contributed by atoms with Crippen molar-refractivity contribution in [3.8, 4) is 11.3 Å². The fourth-order valence-corrected chi connectivity index (χ4v) is 2.62. The molecule has 2 heterocycles. The molecule has 2 aromatic rings. The van der Waals surface area contributed by atoms with Crippen LogP contribution in [0.3, 0.4) is 0 Å². The highest BCUT2D eigenvalue weighted by Crippen LogP contribution is 2.21. The van der Waals surface area contributed by atoms with Crippen LogP contribution in [0.4, 0.5) is 0 Å². The highest BCUT2D eigenvalue weighted by Gasteiger charge is 2.12. The van der Waals surface area contributed by atoms with Crippen molar-refractivity contribution < 1.29 is 4.52 Å². The molecule has 0 atom stereocenters. The van der Waals surface area contributed by atoms with Crippen molar-refractivity contribution in [2.45, 2.75) is 25.3 Å². The van der Waals surface area contributed by atoms with Gasteiger partial charge in [0.25, 0.3) is 0 Å². The minimum atomic E-state index is 0.361. The summed E-state index contributed by atoms with van der Waals surface area (Å²) >= 11 is 5.71. The van der Waals surface area contributed by atoms with Gasteiger partial charge in [-0.3, -0.25) is 4.90 Å². The normalized spacial score (nSPS) is 16.1. The first-order chi connectivity index (χ1) is 9.35. The molecule has 100 valence electrons. The van der Waals surface area contributed by atoms with Crippen molar-refractivity contribution >= 4 is 11.6 Å². The van der Waals surface area contributed by atoms with Crippen molar-refractivity contribution in [1.29, 1.82) is 0 Å². The molecule has 1 aliphatic heterocycles. The zero-order chi connectivity index (χ0) is 13.1. The third-order valence-electron chi connectivity index (χ3n) is 3.55. The Balaban J connectivity index is 1.70. The van der Waals surface area contributed by atoms with Gasteiger partial charge in [-0.05, 0) is 31.5 Å². The Bertz CT molecular complexity index is 529. The maximum Gasteiger partial charge on any atom is 0.152 e. The third-order valence-corrected chi connectivity index (χ3v) is 3.81. The van der Waals surface area contributed by atoms with Gasteiger partial charge >= 0.3 is 0 Å². The maximum absolute atomic E-state index is 5.71. The predicted molar refractivity (Wildman–Crippen MR) is 76.0 cm³/mol. The van der Waals surface area contributed by atoms with E-state index in [2.05, 4.69) is 34.3 Å². The van der Waals surface area contributed by atoms with Gasteiger partial charge in [-0.1, -0.05) is 29.4 Å². The van der Waals surface area contributed by atoms with Crippen LogP contribution in [-0.4, -0.2) is 23.1 Å². The molecule has 19 heavy (non-hydrogen) atoms. The highest BCUT2D eigenvalue weighted by atomic mass is 35.5. The fraction of sp³-hybridized carbons (Fsp3) is 0.400. The minimum absolute atomic E-state index is 0.361. The van der Waals surface area contributed by atoms with Crippen LogP contribution < -0.4 is 0 Å². The van der Waals surface area contributed by atoms with Gasteiger partial charge in [0, 0.05) is 18.2 Å². The lowest BCUT2D eigenvalue weighted by Crippen LogP contribution is -2.18. The SMILES string of the molecule is ClCc1cc(-c2ccc(CN3CCCC3)cc2)no1. The van der Waals surface area contributed by atoms with Crippen molar-refractivity contribution in [2.24, 2.45) is 0 Å². The summed E-state index contributed by atoms with van der Waals surface area (Å²) in [6, 6.07) is 10.4. The molecule has 0 amide bonds. The van der Waals surface area contributed by atoms with Crippen LogP contribution in [0.5, 0.6) is 0 Å². The molecule has 0 unspecified atom stereocenters. The molecule has 1 aromatic heterocycles. The average molecular weight is 277 g/mol. The quantitative estimate of drug-likeness (QED) is 0.798. The van der Waals surface area contributed by atoms with Gasteiger partial charge in [0.15, 0.2) is 5.76 Å². The number of nitrogens with zero attached hydrogens (tertiary/aromatic N) is 2. The molecule has 0 bridgehead atoms. The van der Waals surface area contributed by atoms with E-state index >= 15 is 0 Å². The second-order valence-electron chi connectivity index (χ2n) is 4.99. The number of hydrogen-bond donors (Lipinski definition) is 0. The van der Waals surface area contributed by atoms with Crippen molar-refractivity contribution in [2.75, 3.05) is 13.1 Å². The lowest BCUT2D eigenvalue weighted by molar-refractivity contribution is 0.331. The van der Waals surface area contributed by atoms with Gasteiger partial charge in [0.2, 0.25) is 0 Å². The lowest BCUT2D eigenvalue weighted by Gasteiger charge is -2.14. The fourth-order valence-electron chi connectivity index (χ4n) is 2.49. The smallest absolute Gasteiger partial charge is 0.152 e. The first-order valence-corrected chi connectivity index (χ1v) is 7.22. The Morgan fingerprint density at radius 2 is 1.89 bits per heavy atom. The molecule has 3 nitrogen and oxygen atoms in total. The zero-order valence-corrected chi connectivity index (χ0v) is 11.6. The Kier molecular flexibility index (Phi) is 3.85. The van der Waals surface area contributed by atoms with Crippen LogP contribution in [0.25, 0.3) is 11.3 Å². The second kappa shape index (κ2) is 5.76. The van der Waals surface area contributed by atoms with Crippen LogP contribution in [0.1, 0.15) is 24.2 Å². The summed E-state index contributed by atoms with van der Waals surface area (Å²) < 4.78 is 5.12. The summed E-state index contributed by atoms with van der Waals surface area (Å²) in [6.45, 7) is 3.50. The predicted octanol–water partition coefficient (Wildman–Crippen LogP) is 3.68. The molecular weight excluding hydrogens is 260 g/mol. The summed E-state index contributed by atoms with van der Waals surface area (Å²) in [4.78, 5) is 2.50. The third kappa shape index (κ3) is 2.99. The minimum Gasteiger partial charge on any atom is -0.359 e. The molecular formula is C15H17ClN2O. The van der Waals surface area contributed by atoms with E-state index in [0.717, 1.165) is 17.8 Å². The molecule has 4 heteroatoms. The van der Waals surface area contributed by atoms with Gasteiger partial charge < -0.3 is 4.52 Å². The van der Waals surface area contributed by atoms with Crippen molar-refractivity contribution in [3.05, 3.63) is 41.7 Å². The summed E-state index contributed by atoms with van der Waals surface area (Å²) in [5, 5.41) is 4.02. The standard InChI is InChI=1S/C15H17ClN2O/c16-10-14-9-15(17-19-14)13-5-3-12(4-6-13)11-18-7-1-2-8-18/h3-6,9H,1-2,7-8,10-11H2. The first-order valence-electron chi connectivity index (χ1n) is 6.68. The molecule has 0 N–H and O–H groups in total. The monoisotopic (exact) mass is 276 g/mol. The van der Waals surface area contributed by atoms with E-state index in [1.165, 1.54) is 31.5 Å². The zero-order valence-electron chi connectivity index (χ0n) is 10.8. The lowest BCUT2D eigenvalue weighted by atomic mass is 10.1. The molecule has 0 saturated carbocycles. The van der Waals surface area contributed by atoms with Gasteiger partial charge in [-0.2, -0.15) is 0 Å². The van der Waals surface area contributed by atoms with E-state index in [9.17, 15) is 0 Å².